The summed E-state index contributed by atoms with van der Waals surface area (Å²) in [5, 5.41) is 20.8. The molecule has 6 nitrogen and oxygen atoms in total. The van der Waals surface area contributed by atoms with Crippen molar-refractivity contribution in [1.29, 1.82) is 0 Å². The second-order valence-electron chi connectivity index (χ2n) is 7.72. The van der Waals surface area contributed by atoms with Crippen LogP contribution in [0.25, 0.3) is 0 Å². The molecule has 2 N–H and O–H groups in total. The summed E-state index contributed by atoms with van der Waals surface area (Å²) in [6, 6.07) is 0. The minimum atomic E-state index is -0.0630. The molecule has 0 bridgehead atoms. The van der Waals surface area contributed by atoms with Crippen molar-refractivity contribution in [2.24, 2.45) is 16.7 Å². The summed E-state index contributed by atoms with van der Waals surface area (Å²) in [7, 11) is 0. The standard InChI is InChI=1S/C16H24N4O2/c21-10-16(7-15(8-16)4-1-5-15)9-17-14(22)12-2-3-13-19-18-11-20(13)6-12/h11-12,21H,1-10H2,(H,17,22). The van der Waals surface area contributed by atoms with E-state index in [9.17, 15) is 9.90 Å². The lowest BCUT2D eigenvalue weighted by molar-refractivity contribution is -0.135. The van der Waals surface area contributed by atoms with E-state index in [4.69, 9.17) is 0 Å². The number of aliphatic hydroxyl groups is 1. The molecule has 1 aromatic heterocycles. The van der Waals surface area contributed by atoms with Gasteiger partial charge in [0.15, 0.2) is 0 Å². The average Bonchev–Trinajstić information content (AvgIpc) is 2.92. The zero-order valence-electron chi connectivity index (χ0n) is 12.9. The Labute approximate surface area is 130 Å². The zero-order valence-corrected chi connectivity index (χ0v) is 12.9. The molecule has 1 spiro atoms. The third-order valence-electron chi connectivity index (χ3n) is 6.09. The van der Waals surface area contributed by atoms with Crippen LogP contribution in [-0.2, 0) is 17.8 Å². The molecule has 2 saturated carbocycles. The van der Waals surface area contributed by atoms with Crippen molar-refractivity contribution in [2.75, 3.05) is 13.2 Å². The number of aliphatic hydroxyl groups excluding tert-OH is 1. The van der Waals surface area contributed by atoms with Crippen molar-refractivity contribution in [3.63, 3.8) is 0 Å². The Kier molecular flexibility index (Phi) is 3.25. The molecule has 0 aromatic carbocycles. The van der Waals surface area contributed by atoms with Crippen LogP contribution < -0.4 is 5.32 Å². The van der Waals surface area contributed by atoms with Crippen molar-refractivity contribution in [2.45, 2.75) is 51.5 Å². The molecule has 0 saturated heterocycles. The Morgan fingerprint density at radius 3 is 2.95 bits per heavy atom. The smallest absolute Gasteiger partial charge is 0.224 e. The fraction of sp³-hybridized carbons (Fsp3) is 0.812. The molecule has 2 fully saturated rings. The maximum absolute atomic E-state index is 12.4. The van der Waals surface area contributed by atoms with E-state index in [0.717, 1.165) is 31.5 Å². The summed E-state index contributed by atoms with van der Waals surface area (Å²) in [5.74, 6) is 1.08. The van der Waals surface area contributed by atoms with Crippen LogP contribution in [0.3, 0.4) is 0 Å². The maximum Gasteiger partial charge on any atom is 0.224 e. The fourth-order valence-corrected chi connectivity index (χ4v) is 4.75. The molecule has 1 aliphatic heterocycles. The van der Waals surface area contributed by atoms with Gasteiger partial charge in [-0.2, -0.15) is 0 Å². The lowest BCUT2D eigenvalue weighted by Crippen LogP contribution is -2.57. The SMILES string of the molecule is O=C(NCC1(CO)CC2(CCC2)C1)C1CCc2nncn2C1. The van der Waals surface area contributed by atoms with Gasteiger partial charge in [0.25, 0.3) is 0 Å². The molecule has 1 amide bonds. The number of aromatic nitrogens is 3. The van der Waals surface area contributed by atoms with Crippen LogP contribution in [0.15, 0.2) is 6.33 Å². The highest BCUT2D eigenvalue weighted by molar-refractivity contribution is 5.78. The first-order valence-electron chi connectivity index (χ1n) is 8.39. The molecule has 1 unspecified atom stereocenters. The number of nitrogens with one attached hydrogen (secondary N) is 1. The van der Waals surface area contributed by atoms with Crippen molar-refractivity contribution in [3.8, 4) is 0 Å². The number of carbonyl (C=O) groups is 1. The molecule has 4 rings (SSSR count). The molecular weight excluding hydrogens is 280 g/mol. The minimum Gasteiger partial charge on any atom is -0.396 e. The van der Waals surface area contributed by atoms with Crippen LogP contribution in [0, 0.1) is 16.7 Å². The van der Waals surface area contributed by atoms with Crippen LogP contribution >= 0.6 is 0 Å². The number of carbonyl (C=O) groups excluding carboxylic acids is 1. The van der Waals surface area contributed by atoms with E-state index in [1.807, 2.05) is 4.57 Å². The highest BCUT2D eigenvalue weighted by Gasteiger charge is 2.56. The minimum absolute atomic E-state index is 0.00279. The molecule has 1 atom stereocenters. The summed E-state index contributed by atoms with van der Waals surface area (Å²) in [5.41, 5.74) is 0.447. The molecular formula is C16H24N4O2. The second-order valence-corrected chi connectivity index (χ2v) is 7.72. The number of rotatable bonds is 4. The van der Waals surface area contributed by atoms with Crippen molar-refractivity contribution < 1.29 is 9.90 Å². The highest BCUT2D eigenvalue weighted by atomic mass is 16.3. The van der Waals surface area contributed by atoms with Gasteiger partial charge in [-0.05, 0) is 37.5 Å². The lowest BCUT2D eigenvalue weighted by atomic mass is 9.45. The van der Waals surface area contributed by atoms with Gasteiger partial charge in [-0.15, -0.1) is 10.2 Å². The first-order chi connectivity index (χ1) is 10.6. The highest BCUT2D eigenvalue weighted by Crippen LogP contribution is 2.64. The molecule has 22 heavy (non-hydrogen) atoms. The van der Waals surface area contributed by atoms with Crippen LogP contribution in [0.4, 0.5) is 0 Å². The largest absolute Gasteiger partial charge is 0.396 e. The number of hydrogen-bond acceptors (Lipinski definition) is 4. The fourth-order valence-electron chi connectivity index (χ4n) is 4.75. The van der Waals surface area contributed by atoms with E-state index in [0.29, 0.717) is 18.5 Å². The summed E-state index contributed by atoms with van der Waals surface area (Å²) >= 11 is 0. The Morgan fingerprint density at radius 2 is 2.27 bits per heavy atom. The lowest BCUT2D eigenvalue weighted by Gasteiger charge is -2.60. The Morgan fingerprint density at radius 1 is 1.45 bits per heavy atom. The van der Waals surface area contributed by atoms with E-state index in [2.05, 4.69) is 15.5 Å². The van der Waals surface area contributed by atoms with Crippen LogP contribution in [0.5, 0.6) is 0 Å². The van der Waals surface area contributed by atoms with Crippen molar-refractivity contribution in [3.05, 3.63) is 12.2 Å². The van der Waals surface area contributed by atoms with Gasteiger partial charge >= 0.3 is 0 Å². The third-order valence-corrected chi connectivity index (χ3v) is 6.09. The van der Waals surface area contributed by atoms with Gasteiger partial charge in [-0.25, -0.2) is 0 Å². The van der Waals surface area contributed by atoms with Gasteiger partial charge in [0, 0.05) is 24.9 Å². The molecule has 0 radical (unpaired) electrons. The molecule has 6 heteroatoms. The first-order valence-corrected chi connectivity index (χ1v) is 8.39. The van der Waals surface area contributed by atoms with E-state index in [1.54, 1.807) is 6.33 Å². The predicted octanol–water partition coefficient (Wildman–Crippen LogP) is 0.899. The summed E-state index contributed by atoms with van der Waals surface area (Å²) < 4.78 is 1.97. The maximum atomic E-state index is 12.4. The molecule has 1 aromatic rings. The Hall–Kier alpha value is -1.43. The summed E-state index contributed by atoms with van der Waals surface area (Å²) in [6.07, 6.45) is 9.46. The first kappa shape index (κ1) is 14.2. The zero-order chi connectivity index (χ0) is 15.2. The van der Waals surface area contributed by atoms with Gasteiger partial charge in [0.2, 0.25) is 5.91 Å². The van der Waals surface area contributed by atoms with Gasteiger partial charge in [0.1, 0.15) is 12.2 Å². The number of nitrogens with zero attached hydrogens (tertiary/aromatic N) is 3. The van der Waals surface area contributed by atoms with Gasteiger partial charge < -0.3 is 15.0 Å². The van der Waals surface area contributed by atoms with Crippen LogP contribution in [0.1, 0.15) is 44.3 Å². The number of aryl methyl sites for hydroxylation is 1. The quantitative estimate of drug-likeness (QED) is 0.866. The van der Waals surface area contributed by atoms with Gasteiger partial charge in [-0.3, -0.25) is 4.79 Å². The van der Waals surface area contributed by atoms with Crippen molar-refractivity contribution >= 4 is 5.91 Å². The van der Waals surface area contributed by atoms with E-state index in [-0.39, 0.29) is 23.8 Å². The molecule has 3 aliphatic rings. The van der Waals surface area contributed by atoms with Crippen LogP contribution in [-0.4, -0.2) is 38.9 Å². The van der Waals surface area contributed by atoms with Gasteiger partial charge in [-0.1, -0.05) is 6.42 Å². The number of amides is 1. The van der Waals surface area contributed by atoms with Crippen molar-refractivity contribution in [1.82, 2.24) is 20.1 Å². The topological polar surface area (TPSA) is 80.0 Å². The average molecular weight is 304 g/mol. The van der Waals surface area contributed by atoms with E-state index in [1.165, 1.54) is 19.3 Å². The molecule has 2 heterocycles. The summed E-state index contributed by atoms with van der Waals surface area (Å²) in [4.78, 5) is 12.4. The monoisotopic (exact) mass is 304 g/mol. The second kappa shape index (κ2) is 5.05. The molecule has 120 valence electrons. The van der Waals surface area contributed by atoms with Crippen LogP contribution in [0.2, 0.25) is 0 Å². The third kappa shape index (κ3) is 2.24. The van der Waals surface area contributed by atoms with E-state index < -0.39 is 0 Å². The number of fused-ring (bicyclic) bond motifs is 1. The predicted molar refractivity (Wildman–Crippen MR) is 79.9 cm³/mol. The molecule has 2 aliphatic carbocycles. The normalized spacial score (nSPS) is 27.6. The Balaban J connectivity index is 1.31. The number of hydrogen-bond donors (Lipinski definition) is 2. The summed E-state index contributed by atoms with van der Waals surface area (Å²) in [6.45, 7) is 1.48. The Bertz CT molecular complexity index is 570. The van der Waals surface area contributed by atoms with E-state index >= 15 is 0 Å². The van der Waals surface area contributed by atoms with Gasteiger partial charge in [0.05, 0.1) is 12.5 Å².